The van der Waals surface area contributed by atoms with Gasteiger partial charge in [0, 0.05) is 6.07 Å². The average molecular weight is 192 g/mol. The monoisotopic (exact) mass is 192 g/mol. The number of hydrogen-bond acceptors (Lipinski definition) is 3. The molecule has 6 heteroatoms. The molecule has 0 bridgehead atoms. The molecule has 1 aromatic heterocycles. The van der Waals surface area contributed by atoms with Crippen molar-refractivity contribution in [2.45, 2.75) is 6.43 Å². The first-order chi connectivity index (χ1) is 6.06. The van der Waals surface area contributed by atoms with Crippen molar-refractivity contribution in [1.29, 1.82) is 0 Å². The molecular weight excluding hydrogens is 185 g/mol. The van der Waals surface area contributed by atoms with Gasteiger partial charge in [0.05, 0.1) is 7.11 Å². The van der Waals surface area contributed by atoms with Crippen LogP contribution in [0.25, 0.3) is 0 Å². The molecule has 0 aliphatic rings. The summed E-state index contributed by atoms with van der Waals surface area (Å²) in [6.07, 6.45) is -2.84. The molecule has 1 aromatic rings. The zero-order chi connectivity index (χ0) is 10.0. The minimum absolute atomic E-state index is 0.315. The Bertz CT molecular complexity index is 294. The van der Waals surface area contributed by atoms with Gasteiger partial charge in [-0.15, -0.1) is 0 Å². The van der Waals surface area contributed by atoms with E-state index in [-0.39, 0.29) is 11.6 Å². The van der Waals surface area contributed by atoms with Gasteiger partial charge in [0.15, 0.2) is 17.4 Å². The molecule has 72 valence electrons. The molecule has 3 nitrogen and oxygen atoms in total. The first kappa shape index (κ1) is 9.63. The van der Waals surface area contributed by atoms with Crippen LogP contribution < -0.4 is 10.5 Å². The van der Waals surface area contributed by atoms with E-state index >= 15 is 0 Å². The van der Waals surface area contributed by atoms with E-state index in [1.165, 1.54) is 7.11 Å². The van der Waals surface area contributed by atoms with Crippen LogP contribution in [-0.2, 0) is 0 Å². The zero-order valence-electron chi connectivity index (χ0n) is 6.72. The molecule has 0 amide bonds. The van der Waals surface area contributed by atoms with E-state index in [2.05, 4.69) is 9.72 Å². The Balaban J connectivity index is 3.20. The number of pyridine rings is 1. The zero-order valence-corrected chi connectivity index (χ0v) is 6.72. The van der Waals surface area contributed by atoms with E-state index in [1.807, 2.05) is 0 Å². The van der Waals surface area contributed by atoms with Crippen molar-refractivity contribution in [3.05, 3.63) is 17.6 Å². The van der Waals surface area contributed by atoms with Gasteiger partial charge < -0.3 is 10.5 Å². The number of aromatic nitrogens is 1. The van der Waals surface area contributed by atoms with Crippen LogP contribution in [0.1, 0.15) is 12.1 Å². The fourth-order valence-electron chi connectivity index (χ4n) is 0.854. The normalized spacial score (nSPS) is 10.5. The Morgan fingerprint density at radius 1 is 1.54 bits per heavy atom. The van der Waals surface area contributed by atoms with Crippen molar-refractivity contribution >= 4 is 5.82 Å². The highest BCUT2D eigenvalue weighted by Gasteiger charge is 2.16. The third-order valence-electron chi connectivity index (χ3n) is 1.40. The maximum absolute atomic E-state index is 12.9. The molecule has 0 aromatic carbocycles. The minimum Gasteiger partial charge on any atom is -0.490 e. The van der Waals surface area contributed by atoms with Crippen molar-refractivity contribution in [1.82, 2.24) is 4.98 Å². The lowest BCUT2D eigenvalue weighted by Crippen LogP contribution is -2.02. The SMILES string of the molecule is COc1c(F)cc(C(F)F)nc1N. The molecule has 13 heavy (non-hydrogen) atoms. The number of ether oxygens (including phenoxy) is 1. The Morgan fingerprint density at radius 2 is 2.15 bits per heavy atom. The largest absolute Gasteiger partial charge is 0.490 e. The van der Waals surface area contributed by atoms with E-state index in [1.54, 1.807) is 0 Å². The van der Waals surface area contributed by atoms with E-state index in [0.29, 0.717) is 6.07 Å². The first-order valence-electron chi connectivity index (χ1n) is 3.34. The predicted octanol–water partition coefficient (Wildman–Crippen LogP) is 1.75. The Morgan fingerprint density at radius 3 is 2.54 bits per heavy atom. The molecule has 0 radical (unpaired) electrons. The van der Waals surface area contributed by atoms with Crippen molar-refractivity contribution in [2.75, 3.05) is 12.8 Å². The third kappa shape index (κ3) is 1.82. The summed E-state index contributed by atoms with van der Waals surface area (Å²) in [5, 5.41) is 0. The number of nitrogens with two attached hydrogens (primary N) is 1. The van der Waals surface area contributed by atoms with Crippen molar-refractivity contribution in [3.8, 4) is 5.75 Å². The van der Waals surface area contributed by atoms with Crippen LogP contribution in [0.4, 0.5) is 19.0 Å². The van der Waals surface area contributed by atoms with E-state index < -0.39 is 17.9 Å². The number of nitrogen functional groups attached to an aromatic ring is 1. The molecule has 0 spiro atoms. The standard InChI is InChI=1S/C7H7F3N2O/c1-13-5-3(8)2-4(6(9)10)12-7(5)11/h2,6H,1H3,(H2,11,12). The molecule has 1 rings (SSSR count). The maximum Gasteiger partial charge on any atom is 0.280 e. The molecule has 0 aliphatic carbocycles. The van der Waals surface area contributed by atoms with Gasteiger partial charge in [-0.2, -0.15) is 0 Å². The lowest BCUT2D eigenvalue weighted by Gasteiger charge is -2.06. The summed E-state index contributed by atoms with van der Waals surface area (Å²) in [5.41, 5.74) is 4.46. The van der Waals surface area contributed by atoms with Gasteiger partial charge in [-0.25, -0.2) is 18.2 Å². The van der Waals surface area contributed by atoms with Gasteiger partial charge >= 0.3 is 0 Å². The smallest absolute Gasteiger partial charge is 0.280 e. The highest BCUT2D eigenvalue weighted by atomic mass is 19.3. The van der Waals surface area contributed by atoms with Gasteiger partial charge in [0.2, 0.25) is 0 Å². The number of alkyl halides is 2. The van der Waals surface area contributed by atoms with Crippen LogP contribution in [0, 0.1) is 5.82 Å². The second-order valence-electron chi connectivity index (χ2n) is 2.25. The minimum atomic E-state index is -2.84. The molecule has 0 atom stereocenters. The summed E-state index contributed by atoms with van der Waals surface area (Å²) in [5.74, 6) is -1.63. The summed E-state index contributed by atoms with van der Waals surface area (Å²) in [6.45, 7) is 0. The van der Waals surface area contributed by atoms with Gasteiger partial charge in [-0.3, -0.25) is 0 Å². The number of rotatable bonds is 2. The van der Waals surface area contributed by atoms with Gasteiger partial charge in [-0.05, 0) is 0 Å². The maximum atomic E-state index is 12.9. The Labute approximate surface area is 72.3 Å². The van der Waals surface area contributed by atoms with Crippen LogP contribution in [0.15, 0.2) is 6.07 Å². The van der Waals surface area contributed by atoms with Gasteiger partial charge in [0.1, 0.15) is 5.69 Å². The summed E-state index contributed by atoms with van der Waals surface area (Å²) in [4.78, 5) is 3.27. The number of halogens is 3. The van der Waals surface area contributed by atoms with Crippen LogP contribution in [0.5, 0.6) is 5.75 Å². The Kier molecular flexibility index (Phi) is 2.60. The third-order valence-corrected chi connectivity index (χ3v) is 1.40. The lowest BCUT2D eigenvalue weighted by molar-refractivity contribution is 0.145. The molecule has 0 saturated carbocycles. The molecule has 2 N–H and O–H groups in total. The van der Waals surface area contributed by atoms with Crippen molar-refractivity contribution in [3.63, 3.8) is 0 Å². The molecular formula is C7H7F3N2O. The van der Waals surface area contributed by atoms with Crippen LogP contribution in [-0.4, -0.2) is 12.1 Å². The number of nitrogens with zero attached hydrogens (tertiary/aromatic N) is 1. The number of hydrogen-bond donors (Lipinski definition) is 1. The van der Waals surface area contributed by atoms with E-state index in [9.17, 15) is 13.2 Å². The average Bonchev–Trinajstić information content (AvgIpc) is 2.03. The van der Waals surface area contributed by atoms with Crippen LogP contribution in [0.3, 0.4) is 0 Å². The predicted molar refractivity (Wildman–Crippen MR) is 40.1 cm³/mol. The van der Waals surface area contributed by atoms with E-state index in [4.69, 9.17) is 5.73 Å². The number of methoxy groups -OCH3 is 1. The molecule has 0 unspecified atom stereocenters. The summed E-state index contributed by atoms with van der Waals surface area (Å²) in [6, 6.07) is 0.597. The molecule has 1 heterocycles. The fraction of sp³-hybridized carbons (Fsp3) is 0.286. The second-order valence-corrected chi connectivity index (χ2v) is 2.25. The van der Waals surface area contributed by atoms with Crippen molar-refractivity contribution in [2.24, 2.45) is 0 Å². The highest BCUT2D eigenvalue weighted by Crippen LogP contribution is 2.27. The molecule has 0 aliphatic heterocycles. The molecule has 0 fully saturated rings. The van der Waals surface area contributed by atoms with Gasteiger partial charge in [-0.1, -0.05) is 0 Å². The quantitative estimate of drug-likeness (QED) is 0.776. The summed E-state index contributed by atoms with van der Waals surface area (Å²) >= 11 is 0. The lowest BCUT2D eigenvalue weighted by atomic mass is 10.3. The molecule has 0 saturated heterocycles. The van der Waals surface area contributed by atoms with E-state index in [0.717, 1.165) is 0 Å². The summed E-state index contributed by atoms with van der Waals surface area (Å²) < 4.78 is 41.5. The van der Waals surface area contributed by atoms with Crippen LogP contribution >= 0.6 is 0 Å². The highest BCUT2D eigenvalue weighted by molar-refractivity contribution is 5.47. The first-order valence-corrected chi connectivity index (χ1v) is 3.34. The number of anilines is 1. The second kappa shape index (κ2) is 3.51. The summed E-state index contributed by atoms with van der Waals surface area (Å²) in [7, 11) is 1.18. The van der Waals surface area contributed by atoms with Crippen LogP contribution in [0.2, 0.25) is 0 Å². The topological polar surface area (TPSA) is 48.1 Å². The van der Waals surface area contributed by atoms with Gasteiger partial charge in [0.25, 0.3) is 6.43 Å². The fourth-order valence-corrected chi connectivity index (χ4v) is 0.854. The van der Waals surface area contributed by atoms with Crippen molar-refractivity contribution < 1.29 is 17.9 Å². The Hall–Kier alpha value is -1.46.